The van der Waals surface area contributed by atoms with Gasteiger partial charge in [0.05, 0.1) is 8.60 Å². The second-order valence-electron chi connectivity index (χ2n) is 4.21. The predicted octanol–water partition coefficient (Wildman–Crippen LogP) is 4.29. The average molecular weight is 498 g/mol. The van der Waals surface area contributed by atoms with E-state index in [9.17, 15) is 8.42 Å². The third kappa shape index (κ3) is 2.49. The number of hydrogen-bond donors (Lipinski definition) is 0. The normalized spacial score (nSPS) is 12.0. The molecular weight excluding hydrogens is 490 g/mol. The molecule has 0 bridgehead atoms. The van der Waals surface area contributed by atoms with E-state index in [2.05, 4.69) is 20.9 Å². The first kappa shape index (κ1) is 15.3. The number of nitrogens with zero attached hydrogens (tertiary/aromatic N) is 2. The molecule has 2 heterocycles. The van der Waals surface area contributed by atoms with Crippen molar-refractivity contribution in [1.29, 1.82) is 0 Å². The molecule has 0 unspecified atom stereocenters. The highest BCUT2D eigenvalue weighted by atomic mass is 127. The first-order valence-electron chi connectivity index (χ1n) is 5.74. The molecule has 3 rings (SSSR count). The Morgan fingerprint density at radius 1 is 1.24 bits per heavy atom. The van der Waals surface area contributed by atoms with E-state index in [-0.39, 0.29) is 10.0 Å². The molecule has 0 aliphatic carbocycles. The van der Waals surface area contributed by atoms with Gasteiger partial charge in [-0.05, 0) is 56.7 Å². The topological polar surface area (TPSA) is 52.0 Å². The van der Waals surface area contributed by atoms with Crippen LogP contribution in [-0.2, 0) is 10.0 Å². The van der Waals surface area contributed by atoms with E-state index in [0.29, 0.717) is 19.1 Å². The van der Waals surface area contributed by atoms with Crippen LogP contribution >= 0.6 is 50.1 Å². The van der Waals surface area contributed by atoms with E-state index < -0.39 is 10.0 Å². The molecule has 3 aromatic rings. The molecule has 21 heavy (non-hydrogen) atoms. The second kappa shape index (κ2) is 5.53. The van der Waals surface area contributed by atoms with E-state index in [1.54, 1.807) is 42.6 Å². The van der Waals surface area contributed by atoms with Gasteiger partial charge in [0.25, 0.3) is 10.0 Å². The Balaban J connectivity index is 2.41. The van der Waals surface area contributed by atoms with Crippen LogP contribution in [0.15, 0.2) is 52.0 Å². The number of aromatic nitrogens is 2. The van der Waals surface area contributed by atoms with Gasteiger partial charge in [0, 0.05) is 16.1 Å². The lowest BCUT2D eigenvalue weighted by Crippen LogP contribution is -2.14. The highest BCUT2D eigenvalue weighted by Crippen LogP contribution is 2.34. The average Bonchev–Trinajstić information content (AvgIpc) is 2.83. The number of pyridine rings is 1. The molecule has 0 aliphatic heterocycles. The Bertz CT molecular complexity index is 942. The lowest BCUT2D eigenvalue weighted by molar-refractivity contribution is 0.588. The van der Waals surface area contributed by atoms with Crippen LogP contribution < -0.4 is 0 Å². The molecule has 8 heteroatoms. The summed E-state index contributed by atoms with van der Waals surface area (Å²) in [5.41, 5.74) is 0.374. The fourth-order valence-electron chi connectivity index (χ4n) is 2.02. The van der Waals surface area contributed by atoms with Crippen LogP contribution in [0.1, 0.15) is 0 Å². The largest absolute Gasteiger partial charge is 0.269 e. The smallest absolute Gasteiger partial charge is 0.241 e. The number of halogens is 3. The number of benzene rings is 1. The molecule has 0 N–H and O–H groups in total. The van der Waals surface area contributed by atoms with Gasteiger partial charge >= 0.3 is 0 Å². The van der Waals surface area contributed by atoms with Crippen LogP contribution in [0.3, 0.4) is 0 Å². The molecule has 0 spiro atoms. The summed E-state index contributed by atoms with van der Waals surface area (Å²) in [5.74, 6) is 0. The fourth-order valence-corrected chi connectivity index (χ4v) is 5.46. The Morgan fingerprint density at radius 2 is 1.90 bits per heavy atom. The molecule has 0 atom stereocenters. The van der Waals surface area contributed by atoms with Gasteiger partial charge in [-0.1, -0.05) is 29.8 Å². The first-order valence-corrected chi connectivity index (χ1v) is 9.43. The van der Waals surface area contributed by atoms with Gasteiger partial charge in [-0.3, -0.25) is 0 Å². The minimum absolute atomic E-state index is 0.149. The van der Waals surface area contributed by atoms with Crippen LogP contribution in [0.4, 0.5) is 0 Å². The zero-order valence-corrected chi connectivity index (χ0v) is 15.6. The maximum atomic E-state index is 12.8. The lowest BCUT2D eigenvalue weighted by Gasteiger charge is -2.09. The SMILES string of the molecule is O=S(=O)(c1ccccc1)n1c(I)cc2c(Br)cnc(Cl)c21. The quantitative estimate of drug-likeness (QED) is 0.392. The Kier molecular flexibility index (Phi) is 4.02. The Morgan fingerprint density at radius 3 is 2.57 bits per heavy atom. The Labute approximate surface area is 148 Å². The molecule has 0 saturated carbocycles. The van der Waals surface area contributed by atoms with Gasteiger partial charge in [-0.15, -0.1) is 0 Å². The van der Waals surface area contributed by atoms with Gasteiger partial charge in [-0.2, -0.15) is 0 Å². The summed E-state index contributed by atoms with van der Waals surface area (Å²) in [6.45, 7) is 0. The molecule has 0 aliphatic rings. The molecule has 4 nitrogen and oxygen atoms in total. The maximum absolute atomic E-state index is 12.8. The van der Waals surface area contributed by atoms with Crippen LogP contribution in [0.25, 0.3) is 10.9 Å². The van der Waals surface area contributed by atoms with Crippen molar-refractivity contribution in [1.82, 2.24) is 8.96 Å². The third-order valence-corrected chi connectivity index (χ3v) is 6.70. The maximum Gasteiger partial charge on any atom is 0.269 e. The lowest BCUT2D eigenvalue weighted by atomic mass is 10.3. The van der Waals surface area contributed by atoms with Crippen molar-refractivity contribution in [2.75, 3.05) is 0 Å². The third-order valence-electron chi connectivity index (χ3n) is 2.94. The van der Waals surface area contributed by atoms with Crippen LogP contribution in [0.5, 0.6) is 0 Å². The van der Waals surface area contributed by atoms with Crippen LogP contribution in [-0.4, -0.2) is 17.4 Å². The summed E-state index contributed by atoms with van der Waals surface area (Å²) in [6, 6.07) is 9.99. The highest BCUT2D eigenvalue weighted by molar-refractivity contribution is 14.1. The van der Waals surface area contributed by atoms with E-state index in [0.717, 1.165) is 0 Å². The summed E-state index contributed by atoms with van der Waals surface area (Å²) >= 11 is 11.5. The molecule has 0 radical (unpaired) electrons. The van der Waals surface area contributed by atoms with Gasteiger partial charge in [0.15, 0.2) is 5.15 Å². The number of rotatable bonds is 2. The summed E-state index contributed by atoms with van der Waals surface area (Å²) < 4.78 is 28.2. The molecular formula is C13H7BrClIN2O2S. The van der Waals surface area contributed by atoms with E-state index in [4.69, 9.17) is 11.6 Å². The van der Waals surface area contributed by atoms with Crippen molar-refractivity contribution in [2.24, 2.45) is 0 Å². The first-order chi connectivity index (χ1) is 9.93. The van der Waals surface area contributed by atoms with Crippen molar-refractivity contribution in [2.45, 2.75) is 4.90 Å². The van der Waals surface area contributed by atoms with Crippen molar-refractivity contribution >= 4 is 71.0 Å². The highest BCUT2D eigenvalue weighted by Gasteiger charge is 2.24. The van der Waals surface area contributed by atoms with Crippen LogP contribution in [0.2, 0.25) is 5.15 Å². The summed E-state index contributed by atoms with van der Waals surface area (Å²) in [6.07, 6.45) is 1.56. The van der Waals surface area contributed by atoms with E-state index in [1.165, 1.54) is 3.97 Å². The van der Waals surface area contributed by atoms with Gasteiger partial charge < -0.3 is 0 Å². The van der Waals surface area contributed by atoms with Crippen molar-refractivity contribution in [3.63, 3.8) is 0 Å². The zero-order valence-electron chi connectivity index (χ0n) is 10.3. The zero-order chi connectivity index (χ0) is 15.2. The molecule has 2 aromatic heterocycles. The standard InChI is InChI=1S/C13H7BrClIN2O2S/c14-10-7-17-13(15)12-9(10)6-11(16)18(12)21(19,20)8-4-2-1-3-5-8/h1-7H. The molecule has 108 valence electrons. The summed E-state index contributed by atoms with van der Waals surface area (Å²) in [4.78, 5) is 4.22. The van der Waals surface area contributed by atoms with Gasteiger partial charge in [0.1, 0.15) is 5.52 Å². The number of fused-ring (bicyclic) bond motifs is 1. The number of hydrogen-bond acceptors (Lipinski definition) is 3. The Hall–Kier alpha value is -0.640. The molecule has 1 aromatic carbocycles. The van der Waals surface area contributed by atoms with Crippen molar-refractivity contribution in [3.8, 4) is 0 Å². The second-order valence-corrected chi connectivity index (χ2v) is 8.31. The van der Waals surface area contributed by atoms with Crippen molar-refractivity contribution in [3.05, 3.63) is 55.9 Å². The van der Waals surface area contributed by atoms with Crippen LogP contribution in [0, 0.1) is 3.70 Å². The fraction of sp³-hybridized carbons (Fsp3) is 0. The van der Waals surface area contributed by atoms with Crippen molar-refractivity contribution < 1.29 is 8.42 Å². The van der Waals surface area contributed by atoms with Gasteiger partial charge in [-0.25, -0.2) is 17.4 Å². The molecule has 0 amide bonds. The minimum Gasteiger partial charge on any atom is -0.241 e. The summed E-state index contributed by atoms with van der Waals surface area (Å²) in [5, 5.41) is 0.856. The summed E-state index contributed by atoms with van der Waals surface area (Å²) in [7, 11) is -3.73. The van der Waals surface area contributed by atoms with E-state index >= 15 is 0 Å². The minimum atomic E-state index is -3.73. The van der Waals surface area contributed by atoms with E-state index in [1.807, 2.05) is 22.6 Å². The van der Waals surface area contributed by atoms with Gasteiger partial charge in [0.2, 0.25) is 0 Å². The molecule has 0 saturated heterocycles. The monoisotopic (exact) mass is 496 g/mol. The molecule has 0 fully saturated rings. The predicted molar refractivity (Wildman–Crippen MR) is 94.2 cm³/mol.